The van der Waals surface area contributed by atoms with E-state index < -0.39 is 5.97 Å². The third kappa shape index (κ3) is 1.42. The van der Waals surface area contributed by atoms with Gasteiger partial charge >= 0.3 is 5.97 Å². The van der Waals surface area contributed by atoms with Gasteiger partial charge in [0.05, 0.1) is 17.3 Å². The number of fused-ring (bicyclic) bond motifs is 1. The molecule has 0 saturated heterocycles. The van der Waals surface area contributed by atoms with Crippen molar-refractivity contribution in [3.8, 4) is 5.75 Å². The average molecular weight is 209 g/mol. The van der Waals surface area contributed by atoms with Crippen molar-refractivity contribution in [1.82, 2.24) is 4.98 Å². The van der Waals surface area contributed by atoms with Crippen LogP contribution in [0.15, 0.2) is 18.2 Å². The van der Waals surface area contributed by atoms with Crippen molar-refractivity contribution in [2.75, 3.05) is 7.11 Å². The lowest BCUT2D eigenvalue weighted by atomic mass is 10.3. The zero-order chi connectivity index (χ0) is 10.1. The Hall–Kier alpha value is -1.62. The summed E-state index contributed by atoms with van der Waals surface area (Å²) in [6.45, 7) is 0. The number of ether oxygens (including phenoxy) is 1. The van der Waals surface area contributed by atoms with E-state index in [1.807, 2.05) is 0 Å². The van der Waals surface area contributed by atoms with E-state index in [0.717, 1.165) is 4.70 Å². The molecule has 0 aliphatic rings. The molecule has 0 atom stereocenters. The summed E-state index contributed by atoms with van der Waals surface area (Å²) in [6, 6.07) is 4.79. The first kappa shape index (κ1) is 8.96. The van der Waals surface area contributed by atoms with Gasteiger partial charge in [0.25, 0.3) is 0 Å². The maximum absolute atomic E-state index is 11.1. The first-order valence-electron chi connectivity index (χ1n) is 3.88. The van der Waals surface area contributed by atoms with E-state index in [0.29, 0.717) is 10.5 Å². The highest BCUT2D eigenvalue weighted by Gasteiger charge is 2.12. The normalized spacial score (nSPS) is 10.4. The molecule has 0 radical (unpaired) electrons. The molecule has 0 aliphatic carbocycles. The van der Waals surface area contributed by atoms with Crippen LogP contribution in [0.25, 0.3) is 10.2 Å². The number of phenolic OH excluding ortho intramolecular Hbond substituents is 1. The number of carbonyl (C=O) groups excluding carboxylic acids is 1. The minimum Gasteiger partial charge on any atom is -0.508 e. The number of rotatable bonds is 1. The standard InChI is InChI=1S/C9H7NO3S/c1-13-9(12)8-10-6-4-5(11)2-3-7(6)14-8/h2-4,11H,1H3. The minimum absolute atomic E-state index is 0.138. The lowest BCUT2D eigenvalue weighted by molar-refractivity contribution is 0.0600. The van der Waals surface area contributed by atoms with E-state index in [4.69, 9.17) is 0 Å². The zero-order valence-electron chi connectivity index (χ0n) is 7.35. The number of thiazole rings is 1. The van der Waals surface area contributed by atoms with Crippen LogP contribution in [-0.4, -0.2) is 23.2 Å². The molecular weight excluding hydrogens is 202 g/mol. The first-order valence-corrected chi connectivity index (χ1v) is 4.70. The van der Waals surface area contributed by atoms with Gasteiger partial charge in [-0.1, -0.05) is 0 Å². The third-order valence-electron chi connectivity index (χ3n) is 1.73. The Morgan fingerprint density at radius 3 is 3.07 bits per heavy atom. The Morgan fingerprint density at radius 2 is 2.36 bits per heavy atom. The molecule has 5 heteroatoms. The van der Waals surface area contributed by atoms with E-state index in [9.17, 15) is 9.90 Å². The SMILES string of the molecule is COC(=O)c1nc2cc(O)ccc2s1. The van der Waals surface area contributed by atoms with Crippen LogP contribution in [-0.2, 0) is 4.74 Å². The van der Waals surface area contributed by atoms with Gasteiger partial charge in [0.15, 0.2) is 0 Å². The van der Waals surface area contributed by atoms with Gasteiger partial charge in [0.1, 0.15) is 5.75 Å². The smallest absolute Gasteiger partial charge is 0.367 e. The highest BCUT2D eigenvalue weighted by Crippen LogP contribution is 2.25. The lowest BCUT2D eigenvalue weighted by Crippen LogP contribution is -1.99. The van der Waals surface area contributed by atoms with Crippen LogP contribution in [0.1, 0.15) is 9.80 Å². The summed E-state index contributed by atoms with van der Waals surface area (Å²) >= 11 is 1.24. The van der Waals surface area contributed by atoms with E-state index in [1.165, 1.54) is 24.5 Å². The number of phenols is 1. The molecule has 1 aromatic carbocycles. The van der Waals surface area contributed by atoms with Gasteiger partial charge in [-0.25, -0.2) is 9.78 Å². The molecule has 1 aromatic heterocycles. The topological polar surface area (TPSA) is 59.4 Å². The molecule has 0 aliphatic heterocycles. The van der Waals surface area contributed by atoms with Crippen molar-refractivity contribution in [3.63, 3.8) is 0 Å². The minimum atomic E-state index is -0.453. The summed E-state index contributed by atoms with van der Waals surface area (Å²) in [7, 11) is 1.31. The van der Waals surface area contributed by atoms with E-state index >= 15 is 0 Å². The predicted molar refractivity (Wildman–Crippen MR) is 52.6 cm³/mol. The monoisotopic (exact) mass is 209 g/mol. The van der Waals surface area contributed by atoms with Crippen LogP contribution < -0.4 is 0 Å². The third-order valence-corrected chi connectivity index (χ3v) is 2.75. The number of benzene rings is 1. The summed E-state index contributed by atoms with van der Waals surface area (Å²) in [5, 5.41) is 9.48. The quantitative estimate of drug-likeness (QED) is 0.727. The maximum atomic E-state index is 11.1. The molecule has 0 bridgehead atoms. The Bertz CT molecular complexity index is 492. The van der Waals surface area contributed by atoms with Crippen molar-refractivity contribution in [3.05, 3.63) is 23.2 Å². The highest BCUT2D eigenvalue weighted by atomic mass is 32.1. The van der Waals surface area contributed by atoms with Gasteiger partial charge in [-0.05, 0) is 12.1 Å². The Labute approximate surface area is 83.8 Å². The lowest BCUT2D eigenvalue weighted by Gasteiger charge is -1.89. The number of aromatic nitrogens is 1. The first-order chi connectivity index (χ1) is 6.70. The number of aromatic hydroxyl groups is 1. The highest BCUT2D eigenvalue weighted by molar-refractivity contribution is 7.20. The predicted octanol–water partition coefficient (Wildman–Crippen LogP) is 1.79. The molecule has 0 amide bonds. The molecule has 0 unspecified atom stereocenters. The molecule has 2 aromatic rings. The van der Waals surface area contributed by atoms with Crippen LogP contribution in [0.2, 0.25) is 0 Å². The summed E-state index contributed by atoms with van der Waals surface area (Å²) in [5.74, 6) is -0.315. The number of nitrogens with zero attached hydrogens (tertiary/aromatic N) is 1. The fourth-order valence-corrected chi connectivity index (χ4v) is 1.95. The molecule has 0 fully saturated rings. The van der Waals surface area contributed by atoms with Crippen LogP contribution in [0.5, 0.6) is 5.75 Å². The summed E-state index contributed by atoms with van der Waals surface area (Å²) < 4.78 is 5.39. The number of methoxy groups -OCH3 is 1. The Kier molecular flexibility index (Phi) is 2.09. The van der Waals surface area contributed by atoms with Gasteiger partial charge in [-0.3, -0.25) is 0 Å². The van der Waals surface area contributed by atoms with Crippen molar-refractivity contribution in [1.29, 1.82) is 0 Å². The van der Waals surface area contributed by atoms with Crippen molar-refractivity contribution in [2.24, 2.45) is 0 Å². The van der Waals surface area contributed by atoms with Gasteiger partial charge in [0.2, 0.25) is 5.01 Å². The van der Waals surface area contributed by atoms with E-state index in [2.05, 4.69) is 9.72 Å². The molecule has 72 valence electrons. The second-order valence-corrected chi connectivity index (χ2v) is 3.69. The van der Waals surface area contributed by atoms with E-state index in [1.54, 1.807) is 12.1 Å². The number of esters is 1. The van der Waals surface area contributed by atoms with Crippen LogP contribution in [0.3, 0.4) is 0 Å². The van der Waals surface area contributed by atoms with Crippen LogP contribution in [0, 0.1) is 0 Å². The fourth-order valence-electron chi connectivity index (χ4n) is 1.09. The largest absolute Gasteiger partial charge is 0.508 e. The second-order valence-electron chi connectivity index (χ2n) is 2.66. The van der Waals surface area contributed by atoms with Crippen molar-refractivity contribution >= 4 is 27.5 Å². The van der Waals surface area contributed by atoms with Crippen molar-refractivity contribution in [2.45, 2.75) is 0 Å². The molecular formula is C9H7NO3S. The van der Waals surface area contributed by atoms with Gasteiger partial charge in [-0.2, -0.15) is 0 Å². The van der Waals surface area contributed by atoms with Gasteiger partial charge in [-0.15, -0.1) is 11.3 Å². The van der Waals surface area contributed by atoms with Gasteiger partial charge < -0.3 is 9.84 Å². The average Bonchev–Trinajstić information content (AvgIpc) is 2.59. The van der Waals surface area contributed by atoms with Gasteiger partial charge in [0, 0.05) is 6.07 Å². The van der Waals surface area contributed by atoms with Crippen LogP contribution >= 0.6 is 11.3 Å². The number of hydrogen-bond donors (Lipinski definition) is 1. The molecule has 1 heterocycles. The molecule has 4 nitrogen and oxygen atoms in total. The van der Waals surface area contributed by atoms with E-state index in [-0.39, 0.29) is 5.75 Å². The maximum Gasteiger partial charge on any atom is 0.367 e. The Morgan fingerprint density at radius 1 is 1.57 bits per heavy atom. The second kappa shape index (κ2) is 3.26. The fraction of sp³-hybridized carbons (Fsp3) is 0.111. The zero-order valence-corrected chi connectivity index (χ0v) is 8.17. The van der Waals surface area contributed by atoms with Crippen LogP contribution in [0.4, 0.5) is 0 Å². The van der Waals surface area contributed by atoms with Crippen molar-refractivity contribution < 1.29 is 14.6 Å². The Balaban J connectivity index is 2.56. The molecule has 0 spiro atoms. The summed E-state index contributed by atoms with van der Waals surface area (Å²) in [6.07, 6.45) is 0. The molecule has 1 N–H and O–H groups in total. The number of hydrogen-bond acceptors (Lipinski definition) is 5. The number of carbonyl (C=O) groups is 1. The summed E-state index contributed by atoms with van der Waals surface area (Å²) in [5.41, 5.74) is 0.607. The molecule has 0 saturated carbocycles. The summed E-state index contributed by atoms with van der Waals surface area (Å²) in [4.78, 5) is 15.2. The molecule has 14 heavy (non-hydrogen) atoms. The molecule has 2 rings (SSSR count).